The van der Waals surface area contributed by atoms with Gasteiger partial charge in [-0.25, -0.2) is 0 Å². The Hall–Kier alpha value is -4.87. The smallest absolute Gasteiger partial charge is 0.389 e. The number of hydrogen-bond donors (Lipinski definition) is 0. The average molecular weight is 535 g/mol. The number of oxazole rings is 1. The molecule has 4 nitrogen and oxygen atoms in total. The van der Waals surface area contributed by atoms with Crippen LogP contribution in [0, 0.1) is 6.92 Å². The molecule has 4 aromatic heterocycles. The van der Waals surface area contributed by atoms with Crippen molar-refractivity contribution in [3.8, 4) is 11.1 Å². The molecular formula is C35H24N3OS+3. The van der Waals surface area contributed by atoms with E-state index in [2.05, 4.69) is 141 Å². The monoisotopic (exact) mass is 534 g/mol. The van der Waals surface area contributed by atoms with Gasteiger partial charge < -0.3 is 4.42 Å². The Kier molecular flexibility index (Phi) is 4.31. The highest BCUT2D eigenvalue weighted by atomic mass is 32.1. The van der Waals surface area contributed by atoms with Gasteiger partial charge in [-0.15, -0.1) is 9.13 Å². The number of pyridine rings is 2. The lowest BCUT2D eigenvalue weighted by molar-refractivity contribution is -0.944. The number of rotatable bonds is 3. The Morgan fingerprint density at radius 1 is 0.650 bits per heavy atom. The maximum absolute atomic E-state index is 6.39. The number of fused-ring (bicyclic) bond motifs is 3. The predicted molar refractivity (Wildman–Crippen MR) is 157 cm³/mol. The molecule has 0 amide bonds. The molecule has 0 spiro atoms. The Labute approximate surface area is 234 Å². The van der Waals surface area contributed by atoms with Crippen molar-refractivity contribution < 1.29 is 18.0 Å². The summed E-state index contributed by atoms with van der Waals surface area (Å²) in [7, 11) is 0. The summed E-state index contributed by atoms with van der Waals surface area (Å²) in [6, 6.07) is 39.2. The van der Waals surface area contributed by atoms with Crippen molar-refractivity contribution in [3.05, 3.63) is 144 Å². The first-order chi connectivity index (χ1) is 19.8. The molecule has 0 radical (unpaired) electrons. The van der Waals surface area contributed by atoms with Gasteiger partial charge in [0.2, 0.25) is 5.58 Å². The van der Waals surface area contributed by atoms with Crippen LogP contribution in [0.2, 0.25) is 0 Å². The van der Waals surface area contributed by atoms with Gasteiger partial charge in [0.25, 0.3) is 16.6 Å². The van der Waals surface area contributed by atoms with E-state index in [0.29, 0.717) is 0 Å². The Bertz CT molecular complexity index is 2250. The van der Waals surface area contributed by atoms with Gasteiger partial charge in [-0.2, -0.15) is 0 Å². The molecule has 9 rings (SSSR count). The molecule has 4 aromatic carbocycles. The van der Waals surface area contributed by atoms with Crippen molar-refractivity contribution in [2.24, 2.45) is 0 Å². The summed E-state index contributed by atoms with van der Waals surface area (Å²) in [5, 5.41) is 5.60. The fraction of sp³-hybridized carbons (Fsp3) is 0.0571. The van der Waals surface area contributed by atoms with Crippen LogP contribution >= 0.6 is 11.3 Å². The van der Waals surface area contributed by atoms with Crippen LogP contribution in [-0.2, 0) is 5.66 Å². The first-order valence-electron chi connectivity index (χ1n) is 13.5. The largest absolute Gasteiger partial charge is 0.476 e. The zero-order valence-corrected chi connectivity index (χ0v) is 22.6. The maximum Gasteiger partial charge on any atom is 0.476 e. The van der Waals surface area contributed by atoms with E-state index >= 15 is 0 Å². The third kappa shape index (κ3) is 2.63. The number of thiazole rings is 1. The molecule has 40 heavy (non-hydrogen) atoms. The Balaban J connectivity index is 1.54. The molecule has 0 atom stereocenters. The lowest BCUT2D eigenvalue weighted by Crippen LogP contribution is -2.73. The molecule has 0 fully saturated rings. The lowest BCUT2D eigenvalue weighted by atomic mass is 9.86. The van der Waals surface area contributed by atoms with E-state index in [1.165, 1.54) is 44.1 Å². The van der Waals surface area contributed by atoms with E-state index < -0.39 is 5.66 Å². The number of aromatic nitrogens is 3. The molecule has 0 N–H and O–H groups in total. The van der Waals surface area contributed by atoms with Crippen LogP contribution in [0.25, 0.3) is 49.1 Å². The van der Waals surface area contributed by atoms with Crippen LogP contribution in [0.15, 0.2) is 131 Å². The van der Waals surface area contributed by atoms with Crippen molar-refractivity contribution in [2.75, 3.05) is 0 Å². The zero-order chi connectivity index (χ0) is 26.4. The van der Waals surface area contributed by atoms with Gasteiger partial charge in [0.15, 0.2) is 12.4 Å². The number of nitrogens with zero attached hydrogens (tertiary/aromatic N) is 3. The highest BCUT2D eigenvalue weighted by molar-refractivity contribution is 7.14. The first-order valence-corrected chi connectivity index (χ1v) is 14.4. The normalized spacial score (nSPS) is 13.8. The summed E-state index contributed by atoms with van der Waals surface area (Å²) in [6.07, 6.45) is 4.49. The summed E-state index contributed by atoms with van der Waals surface area (Å²) in [5.74, 6) is 0. The van der Waals surface area contributed by atoms with E-state index in [-0.39, 0.29) is 0 Å². The second-order valence-corrected chi connectivity index (χ2v) is 11.3. The summed E-state index contributed by atoms with van der Waals surface area (Å²) in [4.78, 5) is 0. The van der Waals surface area contributed by atoms with Crippen molar-refractivity contribution in [3.63, 3.8) is 0 Å². The van der Waals surface area contributed by atoms with Gasteiger partial charge in [0.05, 0.1) is 16.2 Å². The molecular weight excluding hydrogens is 510 g/mol. The minimum absolute atomic E-state index is 0.711. The second kappa shape index (κ2) is 7.84. The lowest BCUT2D eigenvalue weighted by Gasteiger charge is -2.20. The minimum Gasteiger partial charge on any atom is -0.389 e. The standard InChI is InChI=1S/C35H24N3OS/c1-23-10-2-3-13-26(23)27-14-4-5-15-28(27)35(31-22-40-34-38(31)29-16-6-7-17-30(29)39-34)36-20-8-11-24-18-19-25-12-9-21-37(35)33(25)32(24)36/h2-22H,1H3/q+3. The molecule has 0 bridgehead atoms. The van der Waals surface area contributed by atoms with E-state index in [4.69, 9.17) is 4.42 Å². The Morgan fingerprint density at radius 3 is 2.05 bits per heavy atom. The molecule has 188 valence electrons. The molecule has 0 aliphatic carbocycles. The van der Waals surface area contributed by atoms with Crippen LogP contribution in [0.4, 0.5) is 0 Å². The summed E-state index contributed by atoms with van der Waals surface area (Å²) in [6.45, 7) is 2.20. The number of benzene rings is 4. The summed E-state index contributed by atoms with van der Waals surface area (Å²) >= 11 is 1.65. The third-order valence-corrected chi connectivity index (χ3v) is 9.32. The quantitative estimate of drug-likeness (QED) is 0.183. The van der Waals surface area contributed by atoms with Crippen LogP contribution in [0.5, 0.6) is 0 Å². The summed E-state index contributed by atoms with van der Waals surface area (Å²) < 4.78 is 13.7. The number of hydrogen-bond acceptors (Lipinski definition) is 2. The van der Waals surface area contributed by atoms with Crippen LogP contribution in [0.3, 0.4) is 0 Å². The van der Waals surface area contributed by atoms with Crippen LogP contribution < -0.4 is 13.5 Å². The van der Waals surface area contributed by atoms with Crippen molar-refractivity contribution >= 4 is 49.3 Å². The predicted octanol–water partition coefficient (Wildman–Crippen LogP) is 6.70. The van der Waals surface area contributed by atoms with Gasteiger partial charge in [-0.3, -0.25) is 0 Å². The maximum atomic E-state index is 6.39. The number of aryl methyl sites for hydroxylation is 1. The fourth-order valence-electron chi connectivity index (χ4n) is 6.87. The Morgan fingerprint density at radius 2 is 1.30 bits per heavy atom. The molecule has 1 aliphatic heterocycles. The van der Waals surface area contributed by atoms with Crippen molar-refractivity contribution in [1.82, 2.24) is 0 Å². The third-order valence-electron chi connectivity index (χ3n) is 8.51. The molecule has 0 unspecified atom stereocenters. The molecule has 5 heteroatoms. The highest BCUT2D eigenvalue weighted by Crippen LogP contribution is 2.41. The van der Waals surface area contributed by atoms with E-state index in [0.717, 1.165) is 21.8 Å². The van der Waals surface area contributed by atoms with Crippen molar-refractivity contribution in [1.29, 1.82) is 0 Å². The van der Waals surface area contributed by atoms with Gasteiger partial charge >= 0.3 is 16.4 Å². The SMILES string of the molecule is Cc1ccccc1-c1ccccc1C1(c2csc3oc4ccccc4[n+]23)[n+]2cccc3ccc4ccc[n+]1c4c32. The second-order valence-electron chi connectivity index (χ2n) is 10.5. The van der Waals surface area contributed by atoms with Crippen LogP contribution in [-0.4, -0.2) is 0 Å². The molecule has 5 heterocycles. The fourth-order valence-corrected chi connectivity index (χ4v) is 7.79. The van der Waals surface area contributed by atoms with Crippen molar-refractivity contribution in [2.45, 2.75) is 12.6 Å². The molecule has 0 saturated heterocycles. The minimum atomic E-state index is -0.711. The number of para-hydroxylation sites is 2. The van der Waals surface area contributed by atoms with Gasteiger partial charge in [-0.1, -0.05) is 59.0 Å². The van der Waals surface area contributed by atoms with E-state index in [9.17, 15) is 0 Å². The van der Waals surface area contributed by atoms with Crippen LogP contribution in [0.1, 0.15) is 16.8 Å². The van der Waals surface area contributed by atoms with Gasteiger partial charge in [0, 0.05) is 23.8 Å². The van der Waals surface area contributed by atoms with E-state index in [1.54, 1.807) is 11.3 Å². The molecule has 1 aliphatic rings. The average Bonchev–Trinajstić information content (AvgIpc) is 3.67. The topological polar surface area (TPSA) is 25.0 Å². The summed E-state index contributed by atoms with van der Waals surface area (Å²) in [5.41, 5.74) is 9.77. The first kappa shape index (κ1) is 22.0. The highest BCUT2D eigenvalue weighted by Gasteiger charge is 2.67. The van der Waals surface area contributed by atoms with Gasteiger partial charge in [0.1, 0.15) is 5.56 Å². The zero-order valence-electron chi connectivity index (χ0n) is 21.8. The van der Waals surface area contributed by atoms with E-state index in [1.807, 2.05) is 6.07 Å². The molecule has 8 aromatic rings. The van der Waals surface area contributed by atoms with Gasteiger partial charge in [-0.05, 0) is 65.8 Å². The molecule has 0 saturated carbocycles.